The Balaban J connectivity index is 1.89. The number of thioether (sulfide) groups is 1. The van der Waals surface area contributed by atoms with Gasteiger partial charge >= 0.3 is 0 Å². The van der Waals surface area contributed by atoms with Gasteiger partial charge in [0.25, 0.3) is 0 Å². The summed E-state index contributed by atoms with van der Waals surface area (Å²) in [6.45, 7) is 1.10. The molecule has 0 bridgehead atoms. The molecule has 0 amide bonds. The Hall–Kier alpha value is 0.240. The van der Waals surface area contributed by atoms with Crippen molar-refractivity contribution in [3.05, 3.63) is 0 Å². The maximum atomic E-state index is 14.0. The zero-order valence-electron chi connectivity index (χ0n) is 7.32. The van der Waals surface area contributed by atoms with Crippen molar-refractivity contribution in [2.45, 2.75) is 41.6 Å². The molecule has 1 heterocycles. The Kier molecular flexibility index (Phi) is 1.18. The summed E-state index contributed by atoms with van der Waals surface area (Å²) >= 11 is 1.75. The number of nitrogens with one attached hydrogen (secondary N) is 1. The van der Waals surface area contributed by atoms with E-state index in [1.54, 1.807) is 11.8 Å². The highest BCUT2D eigenvalue weighted by Crippen LogP contribution is 2.73. The second-order valence-corrected chi connectivity index (χ2v) is 5.54. The van der Waals surface area contributed by atoms with Gasteiger partial charge in [0.2, 0.25) is 0 Å². The van der Waals surface area contributed by atoms with Crippen molar-refractivity contribution < 1.29 is 4.39 Å². The van der Waals surface area contributed by atoms with Crippen molar-refractivity contribution >= 4 is 11.8 Å². The summed E-state index contributed by atoms with van der Waals surface area (Å²) in [6, 6.07) is 0. The maximum absolute atomic E-state index is 14.0. The van der Waals surface area contributed by atoms with Gasteiger partial charge < -0.3 is 5.32 Å². The molecule has 2 atom stereocenters. The second-order valence-electron chi connectivity index (χ2n) is 4.43. The lowest BCUT2D eigenvalue weighted by Crippen LogP contribution is -2.53. The number of halogens is 1. The lowest BCUT2D eigenvalue weighted by molar-refractivity contribution is 0.230. The molecular formula is C9H14FNS. The van der Waals surface area contributed by atoms with Crippen molar-refractivity contribution in [3.8, 4) is 0 Å². The van der Waals surface area contributed by atoms with Gasteiger partial charge in [-0.3, -0.25) is 0 Å². The molecule has 0 aromatic heterocycles. The first kappa shape index (κ1) is 7.63. The van der Waals surface area contributed by atoms with Gasteiger partial charge in [0.05, 0.1) is 4.75 Å². The molecule has 2 aliphatic carbocycles. The zero-order chi connectivity index (χ0) is 8.45. The minimum absolute atomic E-state index is 0.0295. The Morgan fingerprint density at radius 1 is 1.33 bits per heavy atom. The van der Waals surface area contributed by atoms with E-state index in [-0.39, 0.29) is 10.3 Å². The SMILES string of the molecule is CS[C@@]1(C2(F)CC2)CC12CCN2. The number of alkyl halides is 1. The smallest absolute Gasteiger partial charge is 0.127 e. The summed E-state index contributed by atoms with van der Waals surface area (Å²) < 4.78 is 14.0. The molecule has 12 heavy (non-hydrogen) atoms. The highest BCUT2D eigenvalue weighted by Gasteiger charge is 2.81. The first-order valence-corrected chi connectivity index (χ1v) is 5.90. The van der Waals surface area contributed by atoms with Crippen LogP contribution < -0.4 is 5.32 Å². The normalized spacial score (nSPS) is 53.5. The molecule has 3 aliphatic rings. The van der Waals surface area contributed by atoms with Crippen molar-refractivity contribution in [1.82, 2.24) is 5.32 Å². The van der Waals surface area contributed by atoms with Crippen LogP contribution in [0.25, 0.3) is 0 Å². The van der Waals surface area contributed by atoms with E-state index in [0.29, 0.717) is 0 Å². The van der Waals surface area contributed by atoms with E-state index in [1.165, 1.54) is 6.42 Å². The molecule has 0 aromatic carbocycles. The molecule has 2 saturated carbocycles. The number of hydrogen-bond acceptors (Lipinski definition) is 2. The molecule has 3 heteroatoms. The van der Waals surface area contributed by atoms with Crippen molar-refractivity contribution in [2.75, 3.05) is 12.8 Å². The van der Waals surface area contributed by atoms with Gasteiger partial charge in [-0.15, -0.1) is 0 Å². The summed E-state index contributed by atoms with van der Waals surface area (Å²) in [5.74, 6) is 0. The van der Waals surface area contributed by atoms with Gasteiger partial charge in [0.15, 0.2) is 0 Å². The summed E-state index contributed by atoms with van der Waals surface area (Å²) in [4.78, 5) is 0. The quantitative estimate of drug-likeness (QED) is 0.706. The predicted molar refractivity (Wildman–Crippen MR) is 49.3 cm³/mol. The molecule has 0 aromatic rings. The lowest BCUT2D eigenvalue weighted by atomic mass is 9.98. The lowest BCUT2D eigenvalue weighted by Gasteiger charge is -2.35. The van der Waals surface area contributed by atoms with Crippen LogP contribution in [0.3, 0.4) is 0 Å². The van der Waals surface area contributed by atoms with Gasteiger partial charge in [-0.1, -0.05) is 0 Å². The second kappa shape index (κ2) is 1.85. The van der Waals surface area contributed by atoms with Crippen LogP contribution in [0.5, 0.6) is 0 Å². The molecule has 1 nitrogen and oxygen atoms in total. The van der Waals surface area contributed by atoms with Crippen LogP contribution in [-0.4, -0.2) is 28.8 Å². The van der Waals surface area contributed by atoms with Crippen molar-refractivity contribution in [3.63, 3.8) is 0 Å². The molecule has 1 saturated heterocycles. The summed E-state index contributed by atoms with van der Waals surface area (Å²) in [6.07, 6.45) is 5.93. The van der Waals surface area contributed by atoms with E-state index in [0.717, 1.165) is 25.8 Å². The van der Waals surface area contributed by atoms with E-state index >= 15 is 0 Å². The minimum atomic E-state index is -0.806. The standard InChI is InChI=1S/C9H14FNS/c1-12-9(7(10)2-3-7)6-8(9)4-5-11-8/h11H,2-6H2,1H3/t8?,9-/m1/s1. The average molecular weight is 187 g/mol. The number of rotatable bonds is 2. The molecule has 3 rings (SSSR count). The first-order valence-electron chi connectivity index (χ1n) is 4.67. The third-order valence-corrected chi connectivity index (χ3v) is 5.57. The fraction of sp³-hybridized carbons (Fsp3) is 1.00. The summed E-state index contributed by atoms with van der Waals surface area (Å²) in [5.41, 5.74) is -0.586. The highest BCUT2D eigenvalue weighted by molar-refractivity contribution is 8.00. The highest BCUT2D eigenvalue weighted by atomic mass is 32.2. The van der Waals surface area contributed by atoms with Crippen LogP contribution in [-0.2, 0) is 0 Å². The van der Waals surface area contributed by atoms with E-state index in [2.05, 4.69) is 11.6 Å². The molecule has 3 fully saturated rings. The fourth-order valence-corrected chi connectivity index (χ4v) is 4.38. The Bertz CT molecular complexity index is 235. The van der Waals surface area contributed by atoms with E-state index in [9.17, 15) is 4.39 Å². The van der Waals surface area contributed by atoms with Gasteiger partial charge in [-0.05, 0) is 38.5 Å². The fourth-order valence-electron chi connectivity index (χ4n) is 2.85. The maximum Gasteiger partial charge on any atom is 0.127 e. The molecular weight excluding hydrogens is 173 g/mol. The first-order chi connectivity index (χ1) is 5.68. The summed E-state index contributed by atoms with van der Waals surface area (Å²) in [5, 5.41) is 3.42. The largest absolute Gasteiger partial charge is 0.310 e. The van der Waals surface area contributed by atoms with Crippen LogP contribution in [0.2, 0.25) is 0 Å². The van der Waals surface area contributed by atoms with Crippen LogP contribution in [0.4, 0.5) is 4.39 Å². The summed E-state index contributed by atoms with van der Waals surface area (Å²) in [7, 11) is 0. The molecule has 68 valence electrons. The molecule has 1 N–H and O–H groups in total. The monoisotopic (exact) mass is 187 g/mol. The van der Waals surface area contributed by atoms with E-state index in [4.69, 9.17) is 0 Å². The van der Waals surface area contributed by atoms with E-state index < -0.39 is 5.67 Å². The van der Waals surface area contributed by atoms with Crippen molar-refractivity contribution in [2.24, 2.45) is 0 Å². The van der Waals surface area contributed by atoms with Gasteiger partial charge in [-0.25, -0.2) is 4.39 Å². The van der Waals surface area contributed by atoms with Crippen LogP contribution in [0, 0.1) is 0 Å². The van der Waals surface area contributed by atoms with Crippen LogP contribution in [0.15, 0.2) is 0 Å². The molecule has 1 spiro atoms. The van der Waals surface area contributed by atoms with Gasteiger partial charge in [0.1, 0.15) is 5.67 Å². The number of hydrogen-bond donors (Lipinski definition) is 1. The molecule has 0 radical (unpaired) electrons. The third-order valence-electron chi connectivity index (χ3n) is 3.98. The van der Waals surface area contributed by atoms with E-state index in [1.807, 2.05) is 0 Å². The van der Waals surface area contributed by atoms with Crippen LogP contribution >= 0.6 is 11.8 Å². The Labute approximate surface area is 76.5 Å². The Morgan fingerprint density at radius 3 is 2.25 bits per heavy atom. The predicted octanol–water partition coefficient (Wildman–Crippen LogP) is 1.73. The van der Waals surface area contributed by atoms with Crippen LogP contribution in [0.1, 0.15) is 25.7 Å². The zero-order valence-corrected chi connectivity index (χ0v) is 8.14. The van der Waals surface area contributed by atoms with Gasteiger partial charge in [-0.2, -0.15) is 11.8 Å². The average Bonchev–Trinajstić information content (AvgIpc) is 2.80. The Morgan fingerprint density at radius 2 is 2.00 bits per heavy atom. The third kappa shape index (κ3) is 0.598. The minimum Gasteiger partial charge on any atom is -0.310 e. The molecule has 1 unspecified atom stereocenters. The topological polar surface area (TPSA) is 12.0 Å². The molecule has 1 aliphatic heterocycles. The van der Waals surface area contributed by atoms with Gasteiger partial charge in [0, 0.05) is 5.54 Å². The van der Waals surface area contributed by atoms with Crippen molar-refractivity contribution in [1.29, 1.82) is 0 Å².